The molecule has 0 aliphatic heterocycles. The van der Waals surface area contributed by atoms with Gasteiger partial charge in [0.15, 0.2) is 0 Å². The second-order valence-electron chi connectivity index (χ2n) is 3.66. The number of nitrogens with zero attached hydrogens (tertiary/aromatic N) is 1. The molecular weight excluding hydrogens is 241 g/mol. The summed E-state index contributed by atoms with van der Waals surface area (Å²) >= 11 is 2.57. The molecule has 0 aromatic heterocycles. The third-order valence-corrected chi connectivity index (χ3v) is 3.31. The van der Waals surface area contributed by atoms with E-state index in [1.165, 1.54) is 0 Å². The Kier molecular flexibility index (Phi) is 4.03. The van der Waals surface area contributed by atoms with E-state index in [1.54, 1.807) is 0 Å². The van der Waals surface area contributed by atoms with Crippen molar-refractivity contribution in [3.8, 4) is 0 Å². The fourth-order valence-corrected chi connectivity index (χ4v) is 2.31. The van der Waals surface area contributed by atoms with E-state index in [0.29, 0.717) is 6.54 Å². The number of hydrogen-bond acceptors (Lipinski definition) is 2. The van der Waals surface area contributed by atoms with Crippen LogP contribution in [0.2, 0.25) is 0 Å². The second kappa shape index (κ2) is 4.86. The van der Waals surface area contributed by atoms with Crippen LogP contribution >= 0.6 is 0 Å². The summed E-state index contributed by atoms with van der Waals surface area (Å²) in [6.45, 7) is 7.87. The summed E-state index contributed by atoms with van der Waals surface area (Å²) in [5, 5.41) is 10.5. The first kappa shape index (κ1) is 11.6. The normalized spacial score (nSPS) is 29.2. The van der Waals surface area contributed by atoms with Crippen molar-refractivity contribution in [2.75, 3.05) is 6.54 Å². The van der Waals surface area contributed by atoms with Crippen molar-refractivity contribution in [1.82, 2.24) is 0 Å². The van der Waals surface area contributed by atoms with Crippen molar-refractivity contribution >= 4 is 20.3 Å². The van der Waals surface area contributed by atoms with Gasteiger partial charge in [-0.05, 0) is 0 Å². The molecule has 0 amide bonds. The van der Waals surface area contributed by atoms with Gasteiger partial charge >= 0.3 is 92.5 Å². The standard InChI is InChI=1S/C11H15NOSe/c1-3-9-5-6-10(4-2)11(9,13)7-12-8-14/h3-4,9-10,13H,1-2,5-7H2/t9-,10-/m1/s1. The minimum absolute atomic E-state index is 0.114. The van der Waals surface area contributed by atoms with Gasteiger partial charge in [0.2, 0.25) is 0 Å². The molecule has 0 radical (unpaired) electrons. The summed E-state index contributed by atoms with van der Waals surface area (Å²) in [5.74, 6) is 0.227. The first-order valence-corrected chi connectivity index (χ1v) is 5.55. The molecular formula is C11H15NOSe. The van der Waals surface area contributed by atoms with Gasteiger partial charge in [-0.2, -0.15) is 0 Å². The van der Waals surface area contributed by atoms with E-state index < -0.39 is 5.60 Å². The average molecular weight is 256 g/mol. The van der Waals surface area contributed by atoms with E-state index in [0.717, 1.165) is 12.8 Å². The van der Waals surface area contributed by atoms with Gasteiger partial charge in [0.25, 0.3) is 0 Å². The Bertz CT molecular complexity index is 265. The van der Waals surface area contributed by atoms with E-state index in [9.17, 15) is 5.11 Å². The molecule has 76 valence electrons. The van der Waals surface area contributed by atoms with Gasteiger partial charge in [-0.3, -0.25) is 0 Å². The van der Waals surface area contributed by atoms with Crippen molar-refractivity contribution in [3.05, 3.63) is 25.3 Å². The van der Waals surface area contributed by atoms with Gasteiger partial charge in [-0.15, -0.1) is 0 Å². The molecule has 1 rings (SSSR count). The minimum atomic E-state index is -0.805. The van der Waals surface area contributed by atoms with Crippen molar-refractivity contribution in [3.63, 3.8) is 0 Å². The van der Waals surface area contributed by atoms with E-state index >= 15 is 0 Å². The van der Waals surface area contributed by atoms with E-state index in [1.807, 2.05) is 12.2 Å². The Balaban J connectivity index is 2.90. The summed E-state index contributed by atoms with van der Waals surface area (Å²) in [5.41, 5.74) is -0.805. The van der Waals surface area contributed by atoms with Gasteiger partial charge in [0.05, 0.1) is 0 Å². The molecule has 0 saturated heterocycles. The van der Waals surface area contributed by atoms with Gasteiger partial charge in [0, 0.05) is 0 Å². The molecule has 14 heavy (non-hydrogen) atoms. The zero-order valence-corrected chi connectivity index (χ0v) is 9.86. The summed E-state index contributed by atoms with van der Waals surface area (Å²) in [7, 11) is 0. The van der Waals surface area contributed by atoms with Crippen LogP contribution in [0.1, 0.15) is 12.8 Å². The first-order valence-electron chi connectivity index (χ1n) is 4.70. The summed E-state index contributed by atoms with van der Waals surface area (Å²) in [6.07, 6.45) is 5.55. The maximum atomic E-state index is 10.5. The first-order chi connectivity index (χ1) is 6.69. The second-order valence-corrected chi connectivity index (χ2v) is 4.04. The molecule has 1 aliphatic carbocycles. The maximum absolute atomic E-state index is 10.5. The molecule has 0 bridgehead atoms. The average Bonchev–Trinajstić information content (AvgIpc) is 2.52. The van der Waals surface area contributed by atoms with Crippen molar-refractivity contribution < 1.29 is 5.11 Å². The molecule has 1 saturated carbocycles. The monoisotopic (exact) mass is 257 g/mol. The summed E-state index contributed by atoms with van der Waals surface area (Å²) in [4.78, 5) is 3.97. The Labute approximate surface area is 92.8 Å². The van der Waals surface area contributed by atoms with E-state index in [-0.39, 0.29) is 11.8 Å². The fourth-order valence-electron chi connectivity index (χ4n) is 2.17. The van der Waals surface area contributed by atoms with Crippen molar-refractivity contribution in [2.24, 2.45) is 16.8 Å². The topological polar surface area (TPSA) is 32.6 Å². The SMILES string of the molecule is C=C[C@@H]1CC[C@@H](C=C)C1(O)CN=C=[Se]. The molecule has 0 aromatic rings. The Morgan fingerprint density at radius 1 is 1.43 bits per heavy atom. The molecule has 1 aliphatic rings. The van der Waals surface area contributed by atoms with Crippen LogP contribution in [0.15, 0.2) is 30.3 Å². The van der Waals surface area contributed by atoms with E-state index in [2.05, 4.69) is 38.4 Å². The number of hydrogen-bond donors (Lipinski definition) is 1. The molecule has 2 atom stereocenters. The van der Waals surface area contributed by atoms with Crippen LogP contribution in [0, 0.1) is 11.8 Å². The fraction of sp³-hybridized carbons (Fsp3) is 0.545. The third kappa shape index (κ3) is 1.97. The number of aliphatic imine (C=N–C) groups is 1. The molecule has 0 spiro atoms. The van der Waals surface area contributed by atoms with Crippen LogP contribution in [0.5, 0.6) is 0 Å². The van der Waals surface area contributed by atoms with Crippen LogP contribution in [0.4, 0.5) is 0 Å². The zero-order chi connectivity index (χ0) is 10.6. The number of rotatable bonds is 4. The zero-order valence-electron chi connectivity index (χ0n) is 8.15. The molecule has 1 fully saturated rings. The van der Waals surface area contributed by atoms with Crippen LogP contribution in [0.3, 0.4) is 0 Å². The summed E-state index contributed by atoms with van der Waals surface area (Å²) < 4.78 is 2.58. The predicted octanol–water partition coefficient (Wildman–Crippen LogP) is 1.19. The third-order valence-electron chi connectivity index (χ3n) is 3.04. The Hall–Kier alpha value is -0.461. The van der Waals surface area contributed by atoms with Gasteiger partial charge in [-0.1, -0.05) is 0 Å². The predicted molar refractivity (Wildman–Crippen MR) is 59.6 cm³/mol. The van der Waals surface area contributed by atoms with Gasteiger partial charge < -0.3 is 0 Å². The van der Waals surface area contributed by atoms with Crippen LogP contribution in [-0.2, 0) is 0 Å². The molecule has 0 aromatic carbocycles. The molecule has 2 nitrogen and oxygen atoms in total. The molecule has 3 heteroatoms. The van der Waals surface area contributed by atoms with Crippen LogP contribution in [-0.4, -0.2) is 37.5 Å². The molecule has 1 N–H and O–H groups in total. The summed E-state index contributed by atoms with van der Waals surface area (Å²) in [6, 6.07) is 0. The van der Waals surface area contributed by atoms with Crippen molar-refractivity contribution in [2.45, 2.75) is 18.4 Å². The van der Waals surface area contributed by atoms with Crippen LogP contribution in [0.25, 0.3) is 0 Å². The Morgan fingerprint density at radius 3 is 2.29 bits per heavy atom. The van der Waals surface area contributed by atoms with Crippen molar-refractivity contribution in [1.29, 1.82) is 0 Å². The number of aliphatic hydroxyl groups is 1. The van der Waals surface area contributed by atoms with Gasteiger partial charge in [-0.25, -0.2) is 0 Å². The quantitative estimate of drug-likeness (QED) is 0.457. The molecule has 0 heterocycles. The Morgan fingerprint density at radius 2 is 1.93 bits per heavy atom. The van der Waals surface area contributed by atoms with E-state index in [4.69, 9.17) is 0 Å². The molecule has 0 unspecified atom stereocenters. The van der Waals surface area contributed by atoms with Crippen LogP contribution < -0.4 is 0 Å². The van der Waals surface area contributed by atoms with Gasteiger partial charge in [0.1, 0.15) is 0 Å².